The highest BCUT2D eigenvalue weighted by atomic mass is 32.1. The van der Waals surface area contributed by atoms with Gasteiger partial charge in [0.25, 0.3) is 0 Å². The number of guanidine groups is 1. The van der Waals surface area contributed by atoms with Gasteiger partial charge in [0.2, 0.25) is 5.91 Å². The summed E-state index contributed by atoms with van der Waals surface area (Å²) in [6.45, 7) is 1.40. The van der Waals surface area contributed by atoms with Gasteiger partial charge < -0.3 is 20.4 Å². The van der Waals surface area contributed by atoms with Gasteiger partial charge in [-0.2, -0.15) is 0 Å². The van der Waals surface area contributed by atoms with Gasteiger partial charge >= 0.3 is 0 Å². The van der Waals surface area contributed by atoms with Crippen LogP contribution in [0.1, 0.15) is 42.7 Å². The lowest BCUT2D eigenvalue weighted by Gasteiger charge is -2.37. The predicted molar refractivity (Wildman–Crippen MR) is 109 cm³/mol. The van der Waals surface area contributed by atoms with Crippen molar-refractivity contribution in [3.63, 3.8) is 0 Å². The molecule has 1 fully saturated rings. The zero-order valence-electron chi connectivity index (χ0n) is 15.8. The summed E-state index contributed by atoms with van der Waals surface area (Å²) in [6.07, 6.45) is 7.83. The fourth-order valence-electron chi connectivity index (χ4n) is 3.62. The van der Waals surface area contributed by atoms with Crippen LogP contribution >= 0.6 is 11.3 Å². The molecule has 3 N–H and O–H groups in total. The highest BCUT2D eigenvalue weighted by Gasteiger charge is 2.34. The maximum atomic E-state index is 12.0. The van der Waals surface area contributed by atoms with E-state index in [1.54, 1.807) is 19.4 Å². The molecule has 0 unspecified atom stereocenters. The van der Waals surface area contributed by atoms with E-state index in [0.717, 1.165) is 12.3 Å². The molecule has 0 spiro atoms. The van der Waals surface area contributed by atoms with Crippen molar-refractivity contribution in [2.24, 2.45) is 4.99 Å². The van der Waals surface area contributed by atoms with Crippen LogP contribution in [-0.2, 0) is 16.8 Å². The number of furan rings is 1. The largest absolute Gasteiger partial charge is 0.467 e. The number of thiophene rings is 1. The van der Waals surface area contributed by atoms with Gasteiger partial charge in [-0.1, -0.05) is 25.3 Å². The third-order valence-corrected chi connectivity index (χ3v) is 6.24. The van der Waals surface area contributed by atoms with Gasteiger partial charge in [0, 0.05) is 23.9 Å². The number of nitrogens with one attached hydrogen (secondary N) is 3. The third-order valence-electron chi connectivity index (χ3n) is 5.13. The van der Waals surface area contributed by atoms with Crippen LogP contribution in [0.15, 0.2) is 45.3 Å². The summed E-state index contributed by atoms with van der Waals surface area (Å²) >= 11 is 1.84. The number of amides is 1. The first kappa shape index (κ1) is 19.5. The standard InChI is InChI=1S/C20H28N4O2S/c1-21-19(23-14-18(25)22-13-16-7-5-11-26-16)24-15-20(9-3-2-4-10-20)17-8-6-12-27-17/h5-8,11-12H,2-4,9-10,13-15H2,1H3,(H,22,25)(H2,21,23,24). The van der Waals surface area contributed by atoms with Crippen LogP contribution in [0.2, 0.25) is 0 Å². The molecule has 3 rings (SSSR count). The van der Waals surface area contributed by atoms with Crippen LogP contribution in [0, 0.1) is 0 Å². The van der Waals surface area contributed by atoms with Gasteiger partial charge in [0.1, 0.15) is 5.76 Å². The van der Waals surface area contributed by atoms with Crippen LogP contribution in [0.3, 0.4) is 0 Å². The van der Waals surface area contributed by atoms with Crippen molar-refractivity contribution in [3.8, 4) is 0 Å². The Balaban J connectivity index is 1.48. The van der Waals surface area contributed by atoms with Crippen molar-refractivity contribution in [3.05, 3.63) is 46.5 Å². The number of nitrogens with zero attached hydrogens (tertiary/aromatic N) is 1. The molecule has 0 atom stereocenters. The Bertz CT molecular complexity index is 719. The maximum absolute atomic E-state index is 12.0. The van der Waals surface area contributed by atoms with Crippen molar-refractivity contribution in [1.29, 1.82) is 0 Å². The fraction of sp³-hybridized carbons (Fsp3) is 0.500. The van der Waals surface area contributed by atoms with E-state index >= 15 is 0 Å². The first-order chi connectivity index (χ1) is 13.2. The SMILES string of the molecule is CN=C(NCC(=O)NCc1ccco1)NCC1(c2cccs2)CCCCC1. The number of carbonyl (C=O) groups is 1. The molecule has 0 bridgehead atoms. The quantitative estimate of drug-likeness (QED) is 0.503. The Morgan fingerprint density at radius 2 is 2.04 bits per heavy atom. The van der Waals surface area contributed by atoms with E-state index in [4.69, 9.17) is 4.42 Å². The molecule has 6 nitrogen and oxygen atoms in total. The van der Waals surface area contributed by atoms with Gasteiger partial charge in [-0.3, -0.25) is 9.79 Å². The van der Waals surface area contributed by atoms with Crippen LogP contribution in [-0.4, -0.2) is 32.0 Å². The number of carbonyl (C=O) groups excluding carboxylic acids is 1. The summed E-state index contributed by atoms with van der Waals surface area (Å²) in [5, 5.41) is 11.5. The molecule has 0 aromatic carbocycles. The molecule has 2 aromatic heterocycles. The van der Waals surface area contributed by atoms with E-state index in [1.165, 1.54) is 37.0 Å². The van der Waals surface area contributed by atoms with Crippen LogP contribution in [0.4, 0.5) is 0 Å². The second kappa shape index (κ2) is 9.60. The lowest BCUT2D eigenvalue weighted by molar-refractivity contribution is -0.120. The van der Waals surface area contributed by atoms with Crippen molar-refractivity contribution in [1.82, 2.24) is 16.0 Å². The van der Waals surface area contributed by atoms with E-state index in [2.05, 4.69) is 38.5 Å². The summed E-state index contributed by atoms with van der Waals surface area (Å²) in [5.41, 5.74) is 0.172. The lowest BCUT2D eigenvalue weighted by atomic mass is 9.73. The van der Waals surface area contributed by atoms with E-state index in [9.17, 15) is 4.79 Å². The third kappa shape index (κ3) is 5.35. The Kier molecular flexibility index (Phi) is 6.92. The van der Waals surface area contributed by atoms with Gasteiger partial charge in [0.15, 0.2) is 5.96 Å². The van der Waals surface area contributed by atoms with Gasteiger partial charge in [-0.15, -0.1) is 11.3 Å². The average Bonchev–Trinajstić information content (AvgIpc) is 3.41. The minimum atomic E-state index is -0.0972. The lowest BCUT2D eigenvalue weighted by Crippen LogP contribution is -2.48. The van der Waals surface area contributed by atoms with E-state index < -0.39 is 0 Å². The van der Waals surface area contributed by atoms with Crippen molar-refractivity contribution < 1.29 is 9.21 Å². The molecular formula is C20H28N4O2S. The van der Waals surface area contributed by atoms with Crippen LogP contribution in [0.25, 0.3) is 0 Å². The molecule has 146 valence electrons. The van der Waals surface area contributed by atoms with E-state index in [1.807, 2.05) is 17.4 Å². The number of rotatable bonds is 7. The second-order valence-electron chi connectivity index (χ2n) is 6.95. The molecule has 0 saturated heterocycles. The second-order valence-corrected chi connectivity index (χ2v) is 7.90. The monoisotopic (exact) mass is 388 g/mol. The first-order valence-corrected chi connectivity index (χ1v) is 10.4. The van der Waals surface area contributed by atoms with Crippen LogP contribution in [0.5, 0.6) is 0 Å². The molecule has 1 aliphatic carbocycles. The Labute approximate surface area is 164 Å². The molecule has 1 aliphatic rings. The van der Waals surface area contributed by atoms with Gasteiger partial charge in [-0.05, 0) is 36.4 Å². The van der Waals surface area contributed by atoms with E-state index in [-0.39, 0.29) is 17.9 Å². The zero-order valence-corrected chi connectivity index (χ0v) is 16.6. The summed E-state index contributed by atoms with van der Waals surface area (Å²) < 4.78 is 5.21. The number of aliphatic imine (C=N–C) groups is 1. The molecule has 1 saturated carbocycles. The maximum Gasteiger partial charge on any atom is 0.239 e. The Morgan fingerprint density at radius 1 is 1.19 bits per heavy atom. The highest BCUT2D eigenvalue weighted by molar-refractivity contribution is 7.10. The fourth-order valence-corrected chi connectivity index (χ4v) is 4.61. The first-order valence-electron chi connectivity index (χ1n) is 9.49. The average molecular weight is 389 g/mol. The number of hydrogen-bond acceptors (Lipinski definition) is 4. The number of hydrogen-bond donors (Lipinski definition) is 3. The molecule has 27 heavy (non-hydrogen) atoms. The molecule has 2 aromatic rings. The molecule has 2 heterocycles. The van der Waals surface area contributed by atoms with Crippen molar-refractivity contribution in [2.45, 2.75) is 44.1 Å². The molecule has 0 aliphatic heterocycles. The Hall–Kier alpha value is -2.28. The highest BCUT2D eigenvalue weighted by Crippen LogP contribution is 2.41. The molecule has 7 heteroatoms. The molecular weight excluding hydrogens is 360 g/mol. The van der Waals surface area contributed by atoms with Crippen molar-refractivity contribution >= 4 is 23.2 Å². The minimum absolute atomic E-state index is 0.0972. The predicted octanol–water partition coefficient (Wildman–Crippen LogP) is 3.02. The van der Waals surface area contributed by atoms with Crippen LogP contribution < -0.4 is 16.0 Å². The minimum Gasteiger partial charge on any atom is -0.467 e. The zero-order chi connectivity index (χ0) is 19.0. The molecule has 1 amide bonds. The summed E-state index contributed by atoms with van der Waals surface area (Å²) in [7, 11) is 1.73. The smallest absolute Gasteiger partial charge is 0.239 e. The van der Waals surface area contributed by atoms with Gasteiger partial charge in [0.05, 0.1) is 19.4 Å². The van der Waals surface area contributed by atoms with E-state index in [0.29, 0.717) is 12.5 Å². The summed E-state index contributed by atoms with van der Waals surface area (Å²) in [5.74, 6) is 1.30. The normalized spacial score (nSPS) is 16.7. The topological polar surface area (TPSA) is 78.7 Å². The summed E-state index contributed by atoms with van der Waals surface area (Å²) in [6, 6.07) is 8.02. The Morgan fingerprint density at radius 3 is 2.70 bits per heavy atom. The summed E-state index contributed by atoms with van der Waals surface area (Å²) in [4.78, 5) is 17.7. The molecule has 0 radical (unpaired) electrons. The van der Waals surface area contributed by atoms with Gasteiger partial charge in [-0.25, -0.2) is 0 Å². The van der Waals surface area contributed by atoms with Crippen molar-refractivity contribution in [2.75, 3.05) is 20.1 Å².